The van der Waals surface area contributed by atoms with Crippen molar-refractivity contribution < 1.29 is 0 Å². The second-order valence-electron chi connectivity index (χ2n) is 5.44. The normalized spacial score (nSPS) is 12.7. The van der Waals surface area contributed by atoms with Gasteiger partial charge >= 0.3 is 0 Å². The zero-order valence-corrected chi connectivity index (χ0v) is 13.9. The van der Waals surface area contributed by atoms with Crippen LogP contribution in [0.2, 0.25) is 0 Å². The van der Waals surface area contributed by atoms with E-state index in [0.29, 0.717) is 6.04 Å². The highest BCUT2D eigenvalue weighted by Gasteiger charge is 2.09. The minimum atomic E-state index is 0.321. The van der Waals surface area contributed by atoms with E-state index in [-0.39, 0.29) is 0 Å². The summed E-state index contributed by atoms with van der Waals surface area (Å²) in [6.07, 6.45) is 2.21. The lowest BCUT2D eigenvalue weighted by atomic mass is 10.1. The minimum absolute atomic E-state index is 0.321. The molecule has 0 bridgehead atoms. The summed E-state index contributed by atoms with van der Waals surface area (Å²) in [4.78, 5) is 0. The average molecular weight is 343 g/mol. The summed E-state index contributed by atoms with van der Waals surface area (Å²) in [7, 11) is 2.10. The Morgan fingerprint density at radius 2 is 1.95 bits per heavy atom. The van der Waals surface area contributed by atoms with Gasteiger partial charge in [0.25, 0.3) is 0 Å². The van der Waals surface area contributed by atoms with Gasteiger partial charge in [0.05, 0.1) is 0 Å². The average Bonchev–Trinajstić information content (AvgIpc) is 2.82. The molecule has 21 heavy (non-hydrogen) atoms. The van der Waals surface area contributed by atoms with Crippen LogP contribution in [-0.4, -0.2) is 4.57 Å². The molecule has 1 heterocycles. The van der Waals surface area contributed by atoms with Crippen molar-refractivity contribution in [1.82, 2.24) is 9.88 Å². The Bertz CT molecular complexity index is 761. The van der Waals surface area contributed by atoms with Crippen LogP contribution in [0.4, 0.5) is 0 Å². The van der Waals surface area contributed by atoms with Crippen molar-refractivity contribution in [2.24, 2.45) is 7.05 Å². The van der Waals surface area contributed by atoms with Gasteiger partial charge < -0.3 is 9.88 Å². The topological polar surface area (TPSA) is 17.0 Å². The summed E-state index contributed by atoms with van der Waals surface area (Å²) in [5.74, 6) is 0. The van der Waals surface area contributed by atoms with Crippen molar-refractivity contribution in [3.8, 4) is 0 Å². The molecule has 0 aliphatic heterocycles. The van der Waals surface area contributed by atoms with Crippen LogP contribution in [0.3, 0.4) is 0 Å². The van der Waals surface area contributed by atoms with Crippen molar-refractivity contribution in [1.29, 1.82) is 0 Å². The van der Waals surface area contributed by atoms with E-state index in [1.807, 2.05) is 0 Å². The molecule has 0 unspecified atom stereocenters. The first kappa shape index (κ1) is 14.4. The lowest BCUT2D eigenvalue weighted by Gasteiger charge is -2.14. The summed E-state index contributed by atoms with van der Waals surface area (Å²) >= 11 is 3.53. The van der Waals surface area contributed by atoms with Crippen LogP contribution in [0.15, 0.2) is 59.2 Å². The number of nitrogens with one attached hydrogen (secondary N) is 1. The van der Waals surface area contributed by atoms with E-state index in [9.17, 15) is 0 Å². The Hall–Kier alpha value is -1.58. The predicted octanol–water partition coefficient (Wildman–Crippen LogP) is 4.79. The van der Waals surface area contributed by atoms with Crippen LogP contribution in [0.1, 0.15) is 24.1 Å². The zero-order chi connectivity index (χ0) is 14.8. The highest BCUT2D eigenvalue weighted by Crippen LogP contribution is 2.22. The fraction of sp³-hybridized carbons (Fsp3) is 0.222. The van der Waals surface area contributed by atoms with Crippen LogP contribution in [0.5, 0.6) is 0 Å². The van der Waals surface area contributed by atoms with Gasteiger partial charge in [-0.15, -0.1) is 0 Å². The molecule has 0 saturated heterocycles. The van der Waals surface area contributed by atoms with Gasteiger partial charge in [0.1, 0.15) is 0 Å². The van der Waals surface area contributed by atoms with Crippen LogP contribution >= 0.6 is 15.9 Å². The quantitative estimate of drug-likeness (QED) is 0.721. The molecule has 2 aromatic carbocycles. The van der Waals surface area contributed by atoms with Gasteiger partial charge in [-0.2, -0.15) is 0 Å². The summed E-state index contributed by atoms with van der Waals surface area (Å²) in [6.45, 7) is 3.07. The van der Waals surface area contributed by atoms with Crippen LogP contribution in [0, 0.1) is 0 Å². The zero-order valence-electron chi connectivity index (χ0n) is 12.3. The van der Waals surface area contributed by atoms with Gasteiger partial charge in [0, 0.05) is 41.2 Å². The molecule has 3 aromatic rings. The molecule has 1 aromatic heterocycles. The molecule has 1 N–H and O–H groups in total. The Kier molecular flexibility index (Phi) is 4.13. The summed E-state index contributed by atoms with van der Waals surface area (Å²) in [6, 6.07) is 17.3. The highest BCUT2D eigenvalue weighted by atomic mass is 79.9. The lowest BCUT2D eigenvalue weighted by molar-refractivity contribution is 0.575. The van der Waals surface area contributed by atoms with Crippen molar-refractivity contribution in [2.45, 2.75) is 19.5 Å². The smallest absolute Gasteiger partial charge is 0.0481 e. The van der Waals surface area contributed by atoms with Crippen LogP contribution in [-0.2, 0) is 13.6 Å². The summed E-state index contributed by atoms with van der Waals surface area (Å²) in [5, 5.41) is 4.94. The molecular weight excluding hydrogens is 324 g/mol. The van der Waals surface area contributed by atoms with Gasteiger partial charge in [-0.1, -0.05) is 46.3 Å². The Morgan fingerprint density at radius 3 is 2.76 bits per heavy atom. The monoisotopic (exact) mass is 342 g/mol. The molecule has 0 fully saturated rings. The highest BCUT2D eigenvalue weighted by molar-refractivity contribution is 9.10. The van der Waals surface area contributed by atoms with Gasteiger partial charge in [0.15, 0.2) is 0 Å². The number of nitrogens with zero attached hydrogens (tertiary/aromatic N) is 1. The second-order valence-corrected chi connectivity index (χ2v) is 6.36. The maximum Gasteiger partial charge on any atom is 0.0481 e. The molecule has 0 aliphatic carbocycles. The van der Waals surface area contributed by atoms with Crippen LogP contribution in [0.25, 0.3) is 10.9 Å². The molecule has 3 rings (SSSR count). The third-order valence-electron chi connectivity index (χ3n) is 3.93. The Morgan fingerprint density at radius 1 is 1.14 bits per heavy atom. The van der Waals surface area contributed by atoms with Crippen molar-refractivity contribution in [3.63, 3.8) is 0 Å². The molecule has 0 radical (unpaired) electrons. The van der Waals surface area contributed by atoms with E-state index in [2.05, 4.69) is 94.5 Å². The van der Waals surface area contributed by atoms with E-state index in [4.69, 9.17) is 0 Å². The standard InChI is InChI=1S/C18H19BrN2/c1-13(14-6-5-7-16(19)10-14)20-11-15-12-21(2)18-9-4-3-8-17(15)18/h3-10,12-13,20H,11H2,1-2H3/t13-/m0/s1. The number of para-hydroxylation sites is 1. The largest absolute Gasteiger partial charge is 0.350 e. The molecule has 0 spiro atoms. The first-order chi connectivity index (χ1) is 10.1. The molecule has 0 aliphatic rings. The molecule has 3 heteroatoms. The fourth-order valence-corrected chi connectivity index (χ4v) is 3.14. The Balaban J connectivity index is 1.77. The van der Waals surface area contributed by atoms with E-state index in [1.54, 1.807) is 0 Å². The third kappa shape index (κ3) is 3.04. The molecular formula is C18H19BrN2. The van der Waals surface area contributed by atoms with Gasteiger partial charge in [-0.25, -0.2) is 0 Å². The predicted molar refractivity (Wildman–Crippen MR) is 92.3 cm³/mol. The van der Waals surface area contributed by atoms with Gasteiger partial charge in [-0.3, -0.25) is 0 Å². The molecule has 108 valence electrons. The SMILES string of the molecule is C[C@H](NCc1cn(C)c2ccccc12)c1cccc(Br)c1. The first-order valence-electron chi connectivity index (χ1n) is 7.17. The van der Waals surface area contributed by atoms with Crippen molar-refractivity contribution >= 4 is 26.8 Å². The number of hydrogen-bond acceptors (Lipinski definition) is 1. The lowest BCUT2D eigenvalue weighted by Crippen LogP contribution is -2.17. The van der Waals surface area contributed by atoms with Crippen molar-refractivity contribution in [3.05, 3.63) is 70.3 Å². The van der Waals surface area contributed by atoms with E-state index < -0.39 is 0 Å². The second kappa shape index (κ2) is 6.04. The molecule has 0 saturated carbocycles. The number of hydrogen-bond donors (Lipinski definition) is 1. The maximum atomic E-state index is 3.61. The molecule has 1 atom stereocenters. The van der Waals surface area contributed by atoms with Gasteiger partial charge in [0.2, 0.25) is 0 Å². The number of benzene rings is 2. The molecule has 0 amide bonds. The third-order valence-corrected chi connectivity index (χ3v) is 4.42. The van der Waals surface area contributed by atoms with E-state index in [0.717, 1.165) is 11.0 Å². The first-order valence-corrected chi connectivity index (χ1v) is 7.96. The number of aryl methyl sites for hydroxylation is 1. The van der Waals surface area contributed by atoms with E-state index in [1.165, 1.54) is 22.0 Å². The van der Waals surface area contributed by atoms with Crippen molar-refractivity contribution in [2.75, 3.05) is 0 Å². The minimum Gasteiger partial charge on any atom is -0.350 e. The Labute approximate surface area is 133 Å². The fourth-order valence-electron chi connectivity index (χ4n) is 2.72. The maximum absolute atomic E-state index is 3.61. The summed E-state index contributed by atoms with van der Waals surface area (Å²) in [5.41, 5.74) is 3.92. The van der Waals surface area contributed by atoms with Gasteiger partial charge in [-0.05, 0) is 36.2 Å². The van der Waals surface area contributed by atoms with Crippen LogP contribution < -0.4 is 5.32 Å². The van der Waals surface area contributed by atoms with E-state index >= 15 is 0 Å². The number of aromatic nitrogens is 1. The molecule has 2 nitrogen and oxygen atoms in total. The number of fused-ring (bicyclic) bond motifs is 1. The summed E-state index contributed by atoms with van der Waals surface area (Å²) < 4.78 is 3.31. The number of halogens is 1. The number of rotatable bonds is 4.